The number of benzene rings is 2. The van der Waals surface area contributed by atoms with Crippen LogP contribution in [0.5, 0.6) is 11.5 Å². The molecule has 1 heterocycles. The van der Waals surface area contributed by atoms with Gasteiger partial charge in [0.2, 0.25) is 0 Å². The van der Waals surface area contributed by atoms with Crippen molar-refractivity contribution in [2.75, 3.05) is 14.2 Å². The first-order chi connectivity index (χ1) is 10.7. The van der Waals surface area contributed by atoms with Crippen LogP contribution in [0.2, 0.25) is 0 Å². The van der Waals surface area contributed by atoms with Crippen molar-refractivity contribution >= 4 is 39.8 Å². The fourth-order valence-electron chi connectivity index (χ4n) is 2.33. The number of carbonyl (C=O) groups is 1. The predicted molar refractivity (Wildman–Crippen MR) is 92.9 cm³/mol. The quantitative estimate of drug-likeness (QED) is 0.470. The third kappa shape index (κ3) is 2.45. The van der Waals surface area contributed by atoms with Crippen molar-refractivity contribution in [2.45, 2.75) is 0 Å². The van der Waals surface area contributed by atoms with Crippen LogP contribution in [0.25, 0.3) is 22.3 Å². The average molecular weight is 408 g/mol. The summed E-state index contributed by atoms with van der Waals surface area (Å²) in [5.74, 6) is 2.11. The summed E-state index contributed by atoms with van der Waals surface area (Å²) in [7, 11) is 3.19. The Morgan fingerprint density at radius 2 is 1.73 bits per heavy atom. The molecular formula is C17H13IO4. The van der Waals surface area contributed by atoms with Crippen LogP contribution in [-0.2, 0) is 0 Å². The van der Waals surface area contributed by atoms with E-state index in [0.29, 0.717) is 16.9 Å². The van der Waals surface area contributed by atoms with Crippen LogP contribution >= 0.6 is 22.6 Å². The molecule has 0 radical (unpaired) electrons. The van der Waals surface area contributed by atoms with Crippen molar-refractivity contribution < 1.29 is 18.7 Å². The lowest BCUT2D eigenvalue weighted by Crippen LogP contribution is -1.88. The lowest BCUT2D eigenvalue weighted by atomic mass is 10.1. The number of carbonyl (C=O) groups excluding carboxylic acids is 1. The minimum Gasteiger partial charge on any atom is -0.497 e. The summed E-state index contributed by atoms with van der Waals surface area (Å²) in [4.78, 5) is 11.4. The van der Waals surface area contributed by atoms with Gasteiger partial charge in [-0.3, -0.25) is 4.79 Å². The average Bonchev–Trinajstić information content (AvgIpc) is 2.91. The molecule has 0 spiro atoms. The number of aldehydes is 1. The summed E-state index contributed by atoms with van der Waals surface area (Å²) in [5.41, 5.74) is 2.12. The minimum atomic E-state index is 0.558. The SMILES string of the molecule is COc1ccc(-c2oc3cc(OC)cc(C=O)c3c2I)cc1. The minimum absolute atomic E-state index is 0.558. The Hall–Kier alpha value is -2.02. The van der Waals surface area contributed by atoms with E-state index in [1.165, 1.54) is 0 Å². The molecule has 0 aliphatic carbocycles. The van der Waals surface area contributed by atoms with Crippen molar-refractivity contribution in [1.29, 1.82) is 0 Å². The Balaban J connectivity index is 2.22. The number of fused-ring (bicyclic) bond motifs is 1. The van der Waals surface area contributed by atoms with E-state index in [2.05, 4.69) is 22.6 Å². The van der Waals surface area contributed by atoms with Gasteiger partial charge in [0.1, 0.15) is 22.8 Å². The second-order valence-electron chi connectivity index (χ2n) is 4.68. The molecule has 0 amide bonds. The molecule has 2 aromatic carbocycles. The standard InChI is InChI=1S/C17H13IO4/c1-20-12-5-3-10(4-6-12)17-16(18)15-11(9-19)7-13(21-2)8-14(15)22-17/h3-9H,1-2H3. The van der Waals surface area contributed by atoms with Gasteiger partial charge in [-0.15, -0.1) is 0 Å². The molecule has 3 rings (SSSR count). The number of hydrogen-bond acceptors (Lipinski definition) is 4. The summed E-state index contributed by atoms with van der Waals surface area (Å²) < 4.78 is 17.2. The third-order valence-corrected chi connectivity index (χ3v) is 4.48. The molecule has 0 saturated heterocycles. The molecule has 0 aliphatic rings. The number of rotatable bonds is 4. The molecule has 0 saturated carbocycles. The van der Waals surface area contributed by atoms with Gasteiger partial charge in [0.05, 0.1) is 17.8 Å². The molecule has 22 heavy (non-hydrogen) atoms. The van der Waals surface area contributed by atoms with E-state index in [0.717, 1.165) is 32.3 Å². The Morgan fingerprint density at radius 3 is 2.32 bits per heavy atom. The van der Waals surface area contributed by atoms with E-state index >= 15 is 0 Å². The van der Waals surface area contributed by atoms with Crippen LogP contribution in [0.3, 0.4) is 0 Å². The van der Waals surface area contributed by atoms with Crippen molar-refractivity contribution in [2.24, 2.45) is 0 Å². The Morgan fingerprint density at radius 1 is 1.05 bits per heavy atom. The van der Waals surface area contributed by atoms with Crippen molar-refractivity contribution in [3.63, 3.8) is 0 Å². The lowest BCUT2D eigenvalue weighted by Gasteiger charge is -2.01. The van der Waals surface area contributed by atoms with Gasteiger partial charge in [0.15, 0.2) is 6.29 Å². The highest BCUT2D eigenvalue weighted by Gasteiger charge is 2.18. The Kier molecular flexibility index (Phi) is 4.06. The maximum Gasteiger partial charge on any atom is 0.150 e. The van der Waals surface area contributed by atoms with Gasteiger partial charge >= 0.3 is 0 Å². The van der Waals surface area contributed by atoms with E-state index in [-0.39, 0.29) is 0 Å². The fourth-order valence-corrected chi connectivity index (χ4v) is 3.33. The number of furan rings is 1. The van der Waals surface area contributed by atoms with Gasteiger partial charge < -0.3 is 13.9 Å². The Bertz CT molecular complexity index is 834. The van der Waals surface area contributed by atoms with Gasteiger partial charge in [-0.2, -0.15) is 0 Å². The zero-order valence-corrected chi connectivity index (χ0v) is 14.2. The highest BCUT2D eigenvalue weighted by atomic mass is 127. The third-order valence-electron chi connectivity index (χ3n) is 3.45. The van der Waals surface area contributed by atoms with E-state index in [1.54, 1.807) is 26.4 Å². The molecule has 112 valence electrons. The van der Waals surface area contributed by atoms with Gasteiger partial charge in [-0.1, -0.05) is 0 Å². The molecule has 4 nitrogen and oxygen atoms in total. The van der Waals surface area contributed by atoms with Crippen LogP contribution in [0.4, 0.5) is 0 Å². The van der Waals surface area contributed by atoms with E-state index < -0.39 is 0 Å². The van der Waals surface area contributed by atoms with Gasteiger partial charge in [0.25, 0.3) is 0 Å². The monoisotopic (exact) mass is 408 g/mol. The molecule has 0 aliphatic heterocycles. The van der Waals surface area contributed by atoms with Crippen LogP contribution in [0.1, 0.15) is 10.4 Å². The van der Waals surface area contributed by atoms with Gasteiger partial charge in [-0.05, 0) is 52.9 Å². The van der Waals surface area contributed by atoms with Gasteiger partial charge in [0, 0.05) is 22.6 Å². The van der Waals surface area contributed by atoms with Crippen molar-refractivity contribution in [3.05, 3.63) is 45.5 Å². The van der Waals surface area contributed by atoms with E-state index in [9.17, 15) is 4.79 Å². The molecule has 0 atom stereocenters. The fraction of sp³-hybridized carbons (Fsp3) is 0.118. The van der Waals surface area contributed by atoms with Gasteiger partial charge in [-0.25, -0.2) is 0 Å². The zero-order chi connectivity index (χ0) is 15.7. The second kappa shape index (κ2) is 6.00. The summed E-state index contributed by atoms with van der Waals surface area (Å²) in [5, 5.41) is 0.808. The van der Waals surface area contributed by atoms with E-state index in [4.69, 9.17) is 13.9 Å². The van der Waals surface area contributed by atoms with Crippen LogP contribution < -0.4 is 9.47 Å². The summed E-state index contributed by atoms with van der Waals surface area (Å²) in [6.07, 6.45) is 0.820. The first-order valence-electron chi connectivity index (χ1n) is 6.57. The topological polar surface area (TPSA) is 48.7 Å². The summed E-state index contributed by atoms with van der Waals surface area (Å²) in [6, 6.07) is 11.1. The number of ether oxygens (including phenoxy) is 2. The first-order valence-corrected chi connectivity index (χ1v) is 7.65. The Labute approximate surface area is 141 Å². The van der Waals surface area contributed by atoms with E-state index in [1.807, 2.05) is 24.3 Å². The molecule has 0 unspecified atom stereocenters. The molecule has 5 heteroatoms. The second-order valence-corrected chi connectivity index (χ2v) is 5.76. The van der Waals surface area contributed by atoms with Crippen LogP contribution in [-0.4, -0.2) is 20.5 Å². The summed E-state index contributed by atoms with van der Waals surface area (Å²) in [6.45, 7) is 0. The smallest absolute Gasteiger partial charge is 0.150 e. The number of halogens is 1. The molecule has 1 aromatic heterocycles. The highest BCUT2D eigenvalue weighted by Crippen LogP contribution is 2.38. The highest BCUT2D eigenvalue weighted by molar-refractivity contribution is 14.1. The zero-order valence-electron chi connectivity index (χ0n) is 12.1. The maximum absolute atomic E-state index is 11.4. The van der Waals surface area contributed by atoms with Crippen molar-refractivity contribution in [3.8, 4) is 22.8 Å². The van der Waals surface area contributed by atoms with Crippen LogP contribution in [0, 0.1) is 3.57 Å². The largest absolute Gasteiger partial charge is 0.497 e. The number of hydrogen-bond donors (Lipinski definition) is 0. The van der Waals surface area contributed by atoms with Crippen molar-refractivity contribution in [1.82, 2.24) is 0 Å². The first kappa shape index (κ1) is 14.9. The molecular weight excluding hydrogens is 395 g/mol. The molecule has 0 bridgehead atoms. The molecule has 3 aromatic rings. The summed E-state index contributed by atoms with van der Waals surface area (Å²) >= 11 is 2.20. The number of methoxy groups -OCH3 is 2. The maximum atomic E-state index is 11.4. The molecule has 0 N–H and O–H groups in total. The molecule has 0 fully saturated rings. The van der Waals surface area contributed by atoms with Crippen LogP contribution in [0.15, 0.2) is 40.8 Å². The predicted octanol–water partition coefficient (Wildman–Crippen LogP) is 4.53. The normalized spacial score (nSPS) is 10.7. The lowest BCUT2D eigenvalue weighted by molar-refractivity contribution is 0.112.